The maximum absolute atomic E-state index is 12.2. The van der Waals surface area contributed by atoms with Crippen LogP contribution < -0.4 is 10.1 Å². The highest BCUT2D eigenvalue weighted by Crippen LogP contribution is 2.14. The second-order valence-electron chi connectivity index (χ2n) is 6.20. The predicted octanol–water partition coefficient (Wildman–Crippen LogP) is 2.72. The third-order valence-corrected chi connectivity index (χ3v) is 3.97. The van der Waals surface area contributed by atoms with Crippen LogP contribution in [0.2, 0.25) is 0 Å². The zero-order chi connectivity index (χ0) is 18.4. The Bertz CT molecular complexity index is 845. The van der Waals surface area contributed by atoms with Crippen LogP contribution in [0.3, 0.4) is 0 Å². The number of carbonyl (C=O) groups excluding carboxylic acids is 1. The van der Waals surface area contributed by atoms with Gasteiger partial charge < -0.3 is 10.1 Å². The van der Waals surface area contributed by atoms with Crippen LogP contribution in [-0.4, -0.2) is 26.8 Å². The monoisotopic (exact) mass is 350 g/mol. The average Bonchev–Trinajstić information content (AvgIpc) is 3.14. The van der Waals surface area contributed by atoms with E-state index >= 15 is 0 Å². The summed E-state index contributed by atoms with van der Waals surface area (Å²) >= 11 is 0. The second kappa shape index (κ2) is 8.29. The van der Waals surface area contributed by atoms with E-state index < -0.39 is 6.10 Å². The molecule has 3 aromatic rings. The van der Waals surface area contributed by atoms with Crippen molar-refractivity contribution in [2.24, 2.45) is 0 Å². The third-order valence-electron chi connectivity index (χ3n) is 3.97. The van der Waals surface area contributed by atoms with Gasteiger partial charge in [0.25, 0.3) is 5.91 Å². The fourth-order valence-electron chi connectivity index (χ4n) is 2.54. The molecule has 0 fully saturated rings. The van der Waals surface area contributed by atoms with Gasteiger partial charge in [0.1, 0.15) is 18.4 Å². The highest BCUT2D eigenvalue weighted by molar-refractivity contribution is 5.80. The highest BCUT2D eigenvalue weighted by atomic mass is 16.5. The Labute approximate surface area is 152 Å². The molecule has 0 aliphatic carbocycles. The first-order chi connectivity index (χ1) is 12.6. The molecule has 0 aliphatic heterocycles. The van der Waals surface area contributed by atoms with Crippen molar-refractivity contribution >= 4 is 5.91 Å². The largest absolute Gasteiger partial charge is 0.481 e. The molecule has 134 valence electrons. The number of nitrogens with zero attached hydrogens (tertiary/aromatic N) is 3. The van der Waals surface area contributed by atoms with Gasteiger partial charge >= 0.3 is 0 Å². The number of amides is 1. The smallest absolute Gasteiger partial charge is 0.261 e. The molecule has 1 atom stereocenters. The van der Waals surface area contributed by atoms with Crippen LogP contribution >= 0.6 is 0 Å². The number of rotatable bonds is 7. The quantitative estimate of drug-likeness (QED) is 0.711. The fraction of sp³-hybridized carbons (Fsp3) is 0.250. The minimum atomic E-state index is -0.552. The van der Waals surface area contributed by atoms with E-state index in [1.807, 2.05) is 55.5 Å². The molecule has 6 nitrogen and oxygen atoms in total. The number of aryl methyl sites for hydroxylation is 1. The van der Waals surface area contributed by atoms with Crippen molar-refractivity contribution in [3.05, 3.63) is 77.9 Å². The summed E-state index contributed by atoms with van der Waals surface area (Å²) in [6.45, 7) is 4.88. The molecule has 6 heteroatoms. The standard InChI is InChI=1S/C20H22N4O2/c1-15-4-3-5-19(10-15)26-16(2)20(25)22-11-17-6-8-18(9-7-17)12-24-14-21-13-23-24/h3-10,13-14,16H,11-12H2,1-2H3,(H,22,25). The number of aromatic nitrogens is 3. The van der Waals surface area contributed by atoms with Gasteiger partial charge in [-0.15, -0.1) is 0 Å². The Balaban J connectivity index is 1.49. The van der Waals surface area contributed by atoms with Crippen LogP contribution in [-0.2, 0) is 17.9 Å². The van der Waals surface area contributed by atoms with Crippen LogP contribution in [0.4, 0.5) is 0 Å². The average molecular weight is 350 g/mol. The van der Waals surface area contributed by atoms with Crippen LogP contribution in [0.15, 0.2) is 61.2 Å². The first kappa shape index (κ1) is 17.7. The van der Waals surface area contributed by atoms with Crippen molar-refractivity contribution in [2.75, 3.05) is 0 Å². The molecule has 1 unspecified atom stereocenters. The highest BCUT2D eigenvalue weighted by Gasteiger charge is 2.14. The fourth-order valence-corrected chi connectivity index (χ4v) is 2.54. The Hall–Kier alpha value is -3.15. The molecule has 0 aliphatic rings. The normalized spacial score (nSPS) is 11.8. The van der Waals surface area contributed by atoms with E-state index in [1.165, 1.54) is 6.33 Å². The van der Waals surface area contributed by atoms with Crippen LogP contribution in [0.5, 0.6) is 5.75 Å². The lowest BCUT2D eigenvalue weighted by molar-refractivity contribution is -0.127. The first-order valence-corrected chi connectivity index (χ1v) is 8.51. The topological polar surface area (TPSA) is 69.0 Å². The first-order valence-electron chi connectivity index (χ1n) is 8.51. The number of carbonyl (C=O) groups is 1. The molecular formula is C20H22N4O2. The van der Waals surface area contributed by atoms with E-state index in [9.17, 15) is 4.79 Å². The summed E-state index contributed by atoms with van der Waals surface area (Å²) in [6, 6.07) is 15.7. The summed E-state index contributed by atoms with van der Waals surface area (Å²) in [4.78, 5) is 16.2. The lowest BCUT2D eigenvalue weighted by Gasteiger charge is -2.15. The van der Waals surface area contributed by atoms with Gasteiger partial charge in [0.15, 0.2) is 6.10 Å². The SMILES string of the molecule is Cc1cccc(OC(C)C(=O)NCc2ccc(Cn3cncn3)cc2)c1. The summed E-state index contributed by atoms with van der Waals surface area (Å²) < 4.78 is 7.46. The Morgan fingerprint density at radius 2 is 1.96 bits per heavy atom. The van der Waals surface area contributed by atoms with Gasteiger partial charge in [0.2, 0.25) is 0 Å². The summed E-state index contributed by atoms with van der Waals surface area (Å²) in [7, 11) is 0. The molecule has 0 saturated heterocycles. The van der Waals surface area contributed by atoms with Crippen LogP contribution in [0.25, 0.3) is 0 Å². The van der Waals surface area contributed by atoms with Gasteiger partial charge in [-0.05, 0) is 42.7 Å². The second-order valence-corrected chi connectivity index (χ2v) is 6.20. The van der Waals surface area contributed by atoms with Crippen LogP contribution in [0.1, 0.15) is 23.6 Å². The predicted molar refractivity (Wildman–Crippen MR) is 98.7 cm³/mol. The lowest BCUT2D eigenvalue weighted by Crippen LogP contribution is -2.35. The molecule has 2 aromatic carbocycles. The minimum absolute atomic E-state index is 0.141. The number of hydrogen-bond donors (Lipinski definition) is 1. The summed E-state index contributed by atoms with van der Waals surface area (Å²) in [5, 5.41) is 6.99. The zero-order valence-corrected chi connectivity index (χ0v) is 14.9. The maximum Gasteiger partial charge on any atom is 0.261 e. The number of nitrogens with one attached hydrogen (secondary N) is 1. The Kier molecular flexibility index (Phi) is 5.63. The minimum Gasteiger partial charge on any atom is -0.481 e. The van der Waals surface area contributed by atoms with Gasteiger partial charge in [0.05, 0.1) is 6.54 Å². The molecule has 0 spiro atoms. The number of ether oxygens (including phenoxy) is 1. The summed E-state index contributed by atoms with van der Waals surface area (Å²) in [5.74, 6) is 0.559. The summed E-state index contributed by atoms with van der Waals surface area (Å²) in [6.07, 6.45) is 2.65. The van der Waals surface area contributed by atoms with Crippen molar-refractivity contribution < 1.29 is 9.53 Å². The van der Waals surface area contributed by atoms with Gasteiger partial charge in [-0.3, -0.25) is 4.79 Å². The molecule has 0 saturated carbocycles. The molecule has 1 amide bonds. The van der Waals surface area contributed by atoms with E-state index in [0.717, 1.165) is 16.7 Å². The maximum atomic E-state index is 12.2. The van der Waals surface area contributed by atoms with Crippen molar-refractivity contribution in [1.29, 1.82) is 0 Å². The molecule has 1 aromatic heterocycles. The van der Waals surface area contributed by atoms with Crippen molar-refractivity contribution in [2.45, 2.75) is 33.0 Å². The van der Waals surface area contributed by atoms with Crippen LogP contribution in [0, 0.1) is 6.92 Å². The lowest BCUT2D eigenvalue weighted by atomic mass is 10.1. The molecule has 26 heavy (non-hydrogen) atoms. The van der Waals surface area contributed by atoms with Crippen molar-refractivity contribution in [3.8, 4) is 5.75 Å². The molecule has 0 radical (unpaired) electrons. The molecular weight excluding hydrogens is 328 g/mol. The molecule has 1 heterocycles. The Morgan fingerprint density at radius 1 is 1.19 bits per heavy atom. The van der Waals surface area contributed by atoms with Gasteiger partial charge in [-0.2, -0.15) is 5.10 Å². The number of hydrogen-bond acceptors (Lipinski definition) is 4. The van der Waals surface area contributed by atoms with E-state index in [-0.39, 0.29) is 5.91 Å². The molecule has 1 N–H and O–H groups in total. The van der Waals surface area contributed by atoms with E-state index in [1.54, 1.807) is 17.9 Å². The van der Waals surface area contributed by atoms with E-state index in [4.69, 9.17) is 4.74 Å². The number of benzene rings is 2. The zero-order valence-electron chi connectivity index (χ0n) is 14.9. The third kappa shape index (κ3) is 4.92. The van der Waals surface area contributed by atoms with Gasteiger partial charge in [-0.25, -0.2) is 9.67 Å². The van der Waals surface area contributed by atoms with Crippen molar-refractivity contribution in [1.82, 2.24) is 20.1 Å². The Morgan fingerprint density at radius 3 is 2.65 bits per heavy atom. The molecule has 3 rings (SSSR count). The van der Waals surface area contributed by atoms with E-state index in [2.05, 4.69) is 15.4 Å². The summed E-state index contributed by atoms with van der Waals surface area (Å²) in [5.41, 5.74) is 3.26. The van der Waals surface area contributed by atoms with Crippen molar-refractivity contribution in [3.63, 3.8) is 0 Å². The van der Waals surface area contributed by atoms with Gasteiger partial charge in [-0.1, -0.05) is 36.4 Å². The van der Waals surface area contributed by atoms with Gasteiger partial charge in [0, 0.05) is 6.54 Å². The molecule has 0 bridgehead atoms. The van der Waals surface area contributed by atoms with E-state index in [0.29, 0.717) is 18.8 Å².